The van der Waals surface area contributed by atoms with Gasteiger partial charge in [0.25, 0.3) is 11.6 Å². The molecule has 138 valence electrons. The molecule has 0 fully saturated rings. The van der Waals surface area contributed by atoms with Crippen LogP contribution in [0.3, 0.4) is 0 Å². The number of carbonyl (C=O) groups excluding carboxylic acids is 1. The third-order valence-corrected chi connectivity index (χ3v) is 4.44. The van der Waals surface area contributed by atoms with Crippen molar-refractivity contribution in [3.05, 3.63) is 85.7 Å². The van der Waals surface area contributed by atoms with Crippen LogP contribution in [0.15, 0.2) is 70.7 Å². The highest BCUT2D eigenvalue weighted by molar-refractivity contribution is 14.1. The van der Waals surface area contributed by atoms with Crippen LogP contribution in [-0.2, 0) is 4.79 Å². The molecule has 0 atom stereocenters. The van der Waals surface area contributed by atoms with E-state index in [2.05, 4.69) is 27.9 Å². The lowest BCUT2D eigenvalue weighted by Crippen LogP contribution is -2.13. The molecule has 28 heavy (non-hydrogen) atoms. The first kappa shape index (κ1) is 19.3. The monoisotopic (exact) mass is 485 g/mol. The van der Waals surface area contributed by atoms with E-state index in [-0.39, 0.29) is 17.0 Å². The number of hydrogen-bond acceptors (Lipinski definition) is 5. The van der Waals surface area contributed by atoms with Crippen molar-refractivity contribution in [2.24, 2.45) is 0 Å². The summed E-state index contributed by atoms with van der Waals surface area (Å²) in [6.07, 6.45) is 1.32. The highest BCUT2D eigenvalue weighted by Crippen LogP contribution is 2.26. The maximum absolute atomic E-state index is 12.3. The highest BCUT2D eigenvalue weighted by Gasteiger charge is 2.13. The van der Waals surface area contributed by atoms with Gasteiger partial charge in [-0.1, -0.05) is 12.1 Å². The largest absolute Gasteiger partial charge is 0.457 e. The Morgan fingerprint density at radius 1 is 1.18 bits per heavy atom. The molecule has 1 heterocycles. The average molecular weight is 485 g/mol. The fourth-order valence-corrected chi connectivity index (χ4v) is 2.74. The summed E-state index contributed by atoms with van der Waals surface area (Å²) in [6.45, 7) is 0. The number of rotatable bonds is 5. The lowest BCUT2D eigenvalue weighted by molar-refractivity contribution is -0.384. The number of nitriles is 1. The van der Waals surface area contributed by atoms with E-state index >= 15 is 0 Å². The van der Waals surface area contributed by atoms with Gasteiger partial charge in [0.05, 0.1) is 4.92 Å². The normalized spacial score (nSPS) is 10.9. The van der Waals surface area contributed by atoms with Crippen LogP contribution in [0.2, 0.25) is 0 Å². The predicted octanol–water partition coefficient (Wildman–Crippen LogP) is 5.01. The number of nitro benzene ring substituents is 1. The number of nitro groups is 1. The lowest BCUT2D eigenvalue weighted by Gasteiger charge is -2.03. The zero-order chi connectivity index (χ0) is 20.1. The molecule has 2 aromatic carbocycles. The fraction of sp³-hybridized carbons (Fsp3) is 0. The Balaban J connectivity index is 1.81. The van der Waals surface area contributed by atoms with Gasteiger partial charge in [0.1, 0.15) is 23.2 Å². The summed E-state index contributed by atoms with van der Waals surface area (Å²) in [7, 11) is 0. The van der Waals surface area contributed by atoms with Crippen LogP contribution >= 0.6 is 22.6 Å². The second-order valence-electron chi connectivity index (χ2n) is 5.64. The quantitative estimate of drug-likeness (QED) is 0.180. The topological polar surface area (TPSA) is 109 Å². The third kappa shape index (κ3) is 4.63. The van der Waals surface area contributed by atoms with Crippen molar-refractivity contribution in [2.75, 3.05) is 5.32 Å². The maximum atomic E-state index is 12.3. The molecule has 0 bridgehead atoms. The minimum Gasteiger partial charge on any atom is -0.457 e. The van der Waals surface area contributed by atoms with E-state index in [1.165, 1.54) is 18.2 Å². The van der Waals surface area contributed by atoms with Crippen molar-refractivity contribution in [2.45, 2.75) is 0 Å². The molecule has 0 saturated heterocycles. The number of carbonyl (C=O) groups is 1. The fourth-order valence-electron chi connectivity index (χ4n) is 2.38. The first-order valence-electron chi connectivity index (χ1n) is 7.99. The van der Waals surface area contributed by atoms with Gasteiger partial charge in [0.15, 0.2) is 0 Å². The van der Waals surface area contributed by atoms with Crippen LogP contribution in [0.25, 0.3) is 17.4 Å². The van der Waals surface area contributed by atoms with Gasteiger partial charge in [-0.3, -0.25) is 14.9 Å². The van der Waals surface area contributed by atoms with Gasteiger partial charge >= 0.3 is 0 Å². The number of hydrogen-bond donors (Lipinski definition) is 1. The van der Waals surface area contributed by atoms with Crippen LogP contribution in [0, 0.1) is 25.0 Å². The summed E-state index contributed by atoms with van der Waals surface area (Å²) in [5.41, 5.74) is 0.915. The molecule has 8 heteroatoms. The van der Waals surface area contributed by atoms with Crippen molar-refractivity contribution < 1.29 is 14.1 Å². The number of anilines is 1. The van der Waals surface area contributed by atoms with Gasteiger partial charge in [-0.15, -0.1) is 0 Å². The Morgan fingerprint density at radius 2 is 1.93 bits per heavy atom. The van der Waals surface area contributed by atoms with Crippen LogP contribution in [0.5, 0.6) is 0 Å². The van der Waals surface area contributed by atoms with Gasteiger partial charge in [-0.05, 0) is 59.0 Å². The highest BCUT2D eigenvalue weighted by atomic mass is 127. The maximum Gasteiger partial charge on any atom is 0.270 e. The van der Waals surface area contributed by atoms with E-state index in [1.807, 2.05) is 18.2 Å². The number of benzene rings is 2. The Kier molecular flexibility index (Phi) is 5.86. The van der Waals surface area contributed by atoms with E-state index in [4.69, 9.17) is 4.42 Å². The van der Waals surface area contributed by atoms with Crippen molar-refractivity contribution in [1.82, 2.24) is 0 Å². The number of amides is 1. The molecule has 1 aromatic heterocycles. The molecule has 0 aliphatic carbocycles. The third-order valence-electron chi connectivity index (χ3n) is 3.72. The van der Waals surface area contributed by atoms with E-state index in [1.54, 1.807) is 36.4 Å². The molecule has 0 saturated carbocycles. The van der Waals surface area contributed by atoms with Gasteiger partial charge < -0.3 is 9.73 Å². The number of halogens is 1. The molecule has 1 amide bonds. The molecular formula is C20H12IN3O4. The predicted molar refractivity (Wildman–Crippen MR) is 112 cm³/mol. The smallest absolute Gasteiger partial charge is 0.270 e. The Labute approximate surface area is 173 Å². The van der Waals surface area contributed by atoms with E-state index in [0.717, 1.165) is 3.57 Å². The van der Waals surface area contributed by atoms with Gasteiger partial charge in [0.2, 0.25) is 0 Å². The van der Waals surface area contributed by atoms with Crippen LogP contribution in [-0.4, -0.2) is 10.8 Å². The van der Waals surface area contributed by atoms with Gasteiger partial charge in [0, 0.05) is 33.0 Å². The lowest BCUT2D eigenvalue weighted by atomic mass is 10.1. The van der Waals surface area contributed by atoms with Gasteiger partial charge in [-0.2, -0.15) is 5.26 Å². The molecule has 3 rings (SSSR count). The van der Waals surface area contributed by atoms with Crippen molar-refractivity contribution in [3.63, 3.8) is 0 Å². The number of furan rings is 1. The average Bonchev–Trinajstić information content (AvgIpc) is 3.16. The van der Waals surface area contributed by atoms with Gasteiger partial charge in [-0.25, -0.2) is 0 Å². The number of non-ortho nitro benzene ring substituents is 1. The number of nitrogens with one attached hydrogen (secondary N) is 1. The molecule has 0 spiro atoms. The zero-order valence-corrected chi connectivity index (χ0v) is 16.4. The molecule has 0 radical (unpaired) electrons. The molecule has 1 N–H and O–H groups in total. The summed E-state index contributed by atoms with van der Waals surface area (Å²) in [6, 6.07) is 18.2. The van der Waals surface area contributed by atoms with Crippen LogP contribution in [0.4, 0.5) is 11.4 Å². The summed E-state index contributed by atoms with van der Waals surface area (Å²) < 4.78 is 6.65. The first-order chi connectivity index (χ1) is 13.5. The van der Waals surface area contributed by atoms with Crippen molar-refractivity contribution >= 4 is 45.9 Å². The minimum absolute atomic E-state index is 0.0550. The summed E-state index contributed by atoms with van der Waals surface area (Å²) in [5.74, 6) is 0.123. The summed E-state index contributed by atoms with van der Waals surface area (Å²) >= 11 is 2.15. The van der Waals surface area contributed by atoms with Crippen molar-refractivity contribution in [1.29, 1.82) is 5.26 Å². The van der Waals surface area contributed by atoms with Crippen molar-refractivity contribution in [3.8, 4) is 17.4 Å². The molecule has 3 aromatic rings. The Bertz CT molecular complexity index is 1110. The Hall–Kier alpha value is -3.45. The minimum atomic E-state index is -0.558. The van der Waals surface area contributed by atoms with E-state index in [0.29, 0.717) is 17.0 Å². The number of nitrogens with zero attached hydrogens (tertiary/aromatic N) is 2. The standard InChI is InChI=1S/C20H12IN3O4/c21-15-4-6-16(7-5-15)23-20(25)14(12-22)11-18-8-9-19(28-18)13-2-1-3-17(10-13)24(26)27/h1-11H,(H,23,25)/b14-11-. The zero-order valence-electron chi connectivity index (χ0n) is 14.3. The Morgan fingerprint density at radius 3 is 2.61 bits per heavy atom. The van der Waals surface area contributed by atoms with E-state index in [9.17, 15) is 20.2 Å². The molecule has 7 nitrogen and oxygen atoms in total. The SMILES string of the molecule is N#C/C(=C/c1ccc(-c2cccc([N+](=O)[O-])c2)o1)C(=O)Nc1ccc(I)cc1. The van der Waals surface area contributed by atoms with E-state index < -0.39 is 10.8 Å². The summed E-state index contributed by atoms with van der Waals surface area (Å²) in [5, 5.41) is 22.9. The summed E-state index contributed by atoms with van der Waals surface area (Å²) in [4.78, 5) is 22.7. The first-order valence-corrected chi connectivity index (χ1v) is 9.07. The van der Waals surface area contributed by atoms with Crippen LogP contribution in [0.1, 0.15) is 5.76 Å². The molecular weight excluding hydrogens is 473 g/mol. The van der Waals surface area contributed by atoms with Crippen LogP contribution < -0.4 is 5.32 Å². The molecule has 0 unspecified atom stereocenters. The second kappa shape index (κ2) is 8.49. The molecule has 0 aliphatic rings. The second-order valence-corrected chi connectivity index (χ2v) is 6.89. The molecule has 0 aliphatic heterocycles.